The molecule has 0 aromatic heterocycles. The molecule has 1 aromatic rings. The maximum Gasteiger partial charge on any atom is 0.308 e. The second-order valence-corrected chi connectivity index (χ2v) is 5.05. The van der Waals surface area contributed by atoms with Gasteiger partial charge >= 0.3 is 5.97 Å². The average Bonchev–Trinajstić information content (AvgIpc) is 2.44. The molecule has 0 bridgehead atoms. The summed E-state index contributed by atoms with van der Waals surface area (Å²) in [5.41, 5.74) is -0.109. The van der Waals surface area contributed by atoms with Gasteiger partial charge < -0.3 is 10.1 Å². The highest BCUT2D eigenvalue weighted by Gasteiger charge is 2.29. The van der Waals surface area contributed by atoms with Crippen molar-refractivity contribution < 1.29 is 18.3 Å². The second-order valence-electron chi connectivity index (χ2n) is 5.05. The number of esters is 1. The Bertz CT molecular complexity index is 459. The zero-order chi connectivity index (χ0) is 14.5. The van der Waals surface area contributed by atoms with E-state index in [0.717, 1.165) is 19.3 Å². The van der Waals surface area contributed by atoms with E-state index in [1.165, 1.54) is 18.2 Å². The molecule has 1 saturated carbocycles. The molecule has 2 rings (SSSR count). The number of ether oxygens (including phenoxy) is 1. The number of rotatable bonds is 4. The Labute approximate surface area is 117 Å². The van der Waals surface area contributed by atoms with Crippen molar-refractivity contribution in [3.63, 3.8) is 0 Å². The molecule has 1 N–H and O–H groups in total. The first-order chi connectivity index (χ1) is 9.61. The first kappa shape index (κ1) is 14.8. The fraction of sp³-hybridized carbons (Fsp3) is 0.533. The smallest absolute Gasteiger partial charge is 0.308 e. The zero-order valence-corrected chi connectivity index (χ0v) is 11.5. The molecule has 1 fully saturated rings. The van der Waals surface area contributed by atoms with Crippen molar-refractivity contribution in [3.8, 4) is 0 Å². The van der Waals surface area contributed by atoms with Crippen molar-refractivity contribution in [1.29, 1.82) is 0 Å². The largest absolute Gasteiger partial charge is 0.466 e. The summed E-state index contributed by atoms with van der Waals surface area (Å²) in [5.74, 6) is -1.62. The van der Waals surface area contributed by atoms with Crippen LogP contribution in [-0.4, -0.2) is 18.6 Å². The van der Waals surface area contributed by atoms with Gasteiger partial charge in [-0.25, -0.2) is 8.78 Å². The number of carbonyl (C=O) groups excluding carboxylic acids is 1. The third kappa shape index (κ3) is 3.46. The minimum atomic E-state index is -0.608. The maximum atomic E-state index is 13.6. The molecule has 0 radical (unpaired) electrons. The molecule has 5 heteroatoms. The van der Waals surface area contributed by atoms with Gasteiger partial charge in [0.05, 0.1) is 12.5 Å². The van der Waals surface area contributed by atoms with E-state index in [2.05, 4.69) is 5.32 Å². The van der Waals surface area contributed by atoms with E-state index in [0.29, 0.717) is 13.0 Å². The lowest BCUT2D eigenvalue weighted by molar-refractivity contribution is -0.149. The van der Waals surface area contributed by atoms with Crippen molar-refractivity contribution in [1.82, 2.24) is 0 Å². The van der Waals surface area contributed by atoms with Crippen LogP contribution in [0.1, 0.15) is 32.6 Å². The summed E-state index contributed by atoms with van der Waals surface area (Å²) in [4.78, 5) is 11.7. The van der Waals surface area contributed by atoms with Crippen LogP contribution in [0.4, 0.5) is 14.5 Å². The van der Waals surface area contributed by atoms with Gasteiger partial charge in [-0.05, 0) is 38.3 Å². The second kappa shape index (κ2) is 6.68. The van der Waals surface area contributed by atoms with Gasteiger partial charge in [-0.3, -0.25) is 4.79 Å². The van der Waals surface area contributed by atoms with Crippen LogP contribution in [0.3, 0.4) is 0 Å². The lowest BCUT2D eigenvalue weighted by Crippen LogP contribution is -2.32. The SMILES string of the molecule is CCOC(=O)C1CCCC(Nc2c(F)cccc2F)C1. The molecule has 0 aliphatic heterocycles. The first-order valence-electron chi connectivity index (χ1n) is 6.99. The minimum Gasteiger partial charge on any atom is -0.466 e. The molecule has 1 aliphatic carbocycles. The molecule has 0 amide bonds. The number of para-hydroxylation sites is 1. The van der Waals surface area contributed by atoms with Crippen LogP contribution in [0, 0.1) is 17.6 Å². The Balaban J connectivity index is 2.01. The minimum absolute atomic E-state index is 0.107. The van der Waals surface area contributed by atoms with Gasteiger partial charge in [0.2, 0.25) is 0 Å². The summed E-state index contributed by atoms with van der Waals surface area (Å²) < 4.78 is 32.2. The van der Waals surface area contributed by atoms with E-state index in [-0.39, 0.29) is 23.6 Å². The van der Waals surface area contributed by atoms with E-state index in [9.17, 15) is 13.6 Å². The van der Waals surface area contributed by atoms with Gasteiger partial charge in [0, 0.05) is 6.04 Å². The Morgan fingerprint density at radius 3 is 2.70 bits per heavy atom. The summed E-state index contributed by atoms with van der Waals surface area (Å²) >= 11 is 0. The topological polar surface area (TPSA) is 38.3 Å². The molecule has 1 aromatic carbocycles. The van der Waals surface area contributed by atoms with Crippen molar-refractivity contribution in [2.24, 2.45) is 5.92 Å². The predicted octanol–water partition coefficient (Wildman–Crippen LogP) is 3.50. The lowest BCUT2D eigenvalue weighted by Gasteiger charge is -2.29. The Kier molecular flexibility index (Phi) is 4.93. The fourth-order valence-electron chi connectivity index (χ4n) is 2.63. The first-order valence-corrected chi connectivity index (χ1v) is 6.99. The molecule has 3 nitrogen and oxygen atoms in total. The van der Waals surface area contributed by atoms with Gasteiger partial charge in [0.25, 0.3) is 0 Å². The van der Waals surface area contributed by atoms with Gasteiger partial charge in [-0.2, -0.15) is 0 Å². The Morgan fingerprint density at radius 2 is 2.05 bits per heavy atom. The quantitative estimate of drug-likeness (QED) is 0.859. The number of carbonyl (C=O) groups is 1. The normalized spacial score (nSPS) is 22.4. The van der Waals surface area contributed by atoms with E-state index in [4.69, 9.17) is 4.74 Å². The van der Waals surface area contributed by atoms with E-state index < -0.39 is 11.6 Å². The number of nitrogens with one attached hydrogen (secondary N) is 1. The summed E-state index contributed by atoms with van der Waals surface area (Å²) in [6.45, 7) is 2.13. The third-order valence-electron chi connectivity index (χ3n) is 3.61. The molecule has 0 heterocycles. The summed E-state index contributed by atoms with van der Waals surface area (Å²) in [5, 5.41) is 2.89. The molecule has 0 spiro atoms. The fourth-order valence-corrected chi connectivity index (χ4v) is 2.63. The van der Waals surface area contributed by atoms with Gasteiger partial charge in [0.15, 0.2) is 0 Å². The predicted molar refractivity (Wildman–Crippen MR) is 72.4 cm³/mol. The van der Waals surface area contributed by atoms with E-state index in [1.54, 1.807) is 6.92 Å². The monoisotopic (exact) mass is 283 g/mol. The van der Waals surface area contributed by atoms with Crippen molar-refractivity contribution in [3.05, 3.63) is 29.8 Å². The van der Waals surface area contributed by atoms with Crippen LogP contribution in [0.15, 0.2) is 18.2 Å². The van der Waals surface area contributed by atoms with Crippen molar-refractivity contribution in [2.45, 2.75) is 38.6 Å². The van der Waals surface area contributed by atoms with Crippen LogP contribution < -0.4 is 5.32 Å². The number of anilines is 1. The summed E-state index contributed by atoms with van der Waals surface area (Å²) in [7, 11) is 0. The van der Waals surface area contributed by atoms with Gasteiger partial charge in [-0.1, -0.05) is 12.5 Å². The highest BCUT2D eigenvalue weighted by molar-refractivity contribution is 5.72. The maximum absolute atomic E-state index is 13.6. The standard InChI is InChI=1S/C15H19F2NO2/c1-2-20-15(19)10-5-3-6-11(9-10)18-14-12(16)7-4-8-13(14)17/h4,7-8,10-11,18H,2-3,5-6,9H2,1H3. The average molecular weight is 283 g/mol. The molecular formula is C15H19F2NO2. The number of halogens is 2. The van der Waals surface area contributed by atoms with Crippen molar-refractivity contribution in [2.75, 3.05) is 11.9 Å². The summed E-state index contributed by atoms with van der Waals surface area (Å²) in [6, 6.07) is 3.66. The number of hydrogen-bond donors (Lipinski definition) is 1. The molecule has 1 aliphatic rings. The molecule has 0 saturated heterocycles. The Hall–Kier alpha value is -1.65. The highest BCUT2D eigenvalue weighted by Crippen LogP contribution is 2.29. The molecule has 2 atom stereocenters. The van der Waals surface area contributed by atoms with Crippen LogP contribution in [-0.2, 0) is 9.53 Å². The molecule has 2 unspecified atom stereocenters. The van der Waals surface area contributed by atoms with Gasteiger partial charge in [0.1, 0.15) is 17.3 Å². The van der Waals surface area contributed by atoms with E-state index >= 15 is 0 Å². The number of benzene rings is 1. The molecule has 20 heavy (non-hydrogen) atoms. The lowest BCUT2D eigenvalue weighted by atomic mass is 9.85. The molecular weight excluding hydrogens is 264 g/mol. The van der Waals surface area contributed by atoms with Crippen LogP contribution >= 0.6 is 0 Å². The van der Waals surface area contributed by atoms with Crippen LogP contribution in [0.2, 0.25) is 0 Å². The third-order valence-corrected chi connectivity index (χ3v) is 3.61. The van der Waals surface area contributed by atoms with Gasteiger partial charge in [-0.15, -0.1) is 0 Å². The molecule has 110 valence electrons. The zero-order valence-electron chi connectivity index (χ0n) is 11.5. The van der Waals surface area contributed by atoms with Crippen molar-refractivity contribution >= 4 is 11.7 Å². The number of hydrogen-bond acceptors (Lipinski definition) is 3. The summed E-state index contributed by atoms with van der Waals surface area (Å²) in [6.07, 6.45) is 2.96. The Morgan fingerprint density at radius 1 is 1.35 bits per heavy atom. The van der Waals surface area contributed by atoms with E-state index in [1.807, 2.05) is 0 Å². The van der Waals surface area contributed by atoms with Crippen LogP contribution in [0.5, 0.6) is 0 Å². The van der Waals surface area contributed by atoms with Crippen LogP contribution in [0.25, 0.3) is 0 Å². The highest BCUT2D eigenvalue weighted by atomic mass is 19.1.